The van der Waals surface area contributed by atoms with E-state index in [0.717, 1.165) is 6.42 Å². The quantitative estimate of drug-likeness (QED) is 0.493. The van der Waals surface area contributed by atoms with Crippen molar-refractivity contribution in [2.24, 2.45) is 0 Å². The zero-order chi connectivity index (χ0) is 8.91. The number of hydrogen-bond donors (Lipinski definition) is 0. The van der Waals surface area contributed by atoms with Gasteiger partial charge in [0.15, 0.2) is 0 Å². The van der Waals surface area contributed by atoms with Crippen LogP contribution in [0.25, 0.3) is 0 Å². The van der Waals surface area contributed by atoms with Crippen LogP contribution < -0.4 is 17.5 Å². The topological polar surface area (TPSA) is 23.1 Å². The maximum absolute atomic E-state index is 10.1. The van der Waals surface area contributed by atoms with Crippen LogP contribution in [-0.2, 0) is 17.4 Å². The second-order valence-corrected chi connectivity index (χ2v) is 4.30. The van der Waals surface area contributed by atoms with E-state index in [9.17, 15) is 5.11 Å². The number of hydrogen-bond acceptors (Lipinski definition) is 1. The molecule has 0 atom stereocenters. The fraction of sp³-hybridized carbons (Fsp3) is 0.556. The molecule has 1 rings (SSSR count). The number of halogens is 1. The maximum atomic E-state index is 10.1. The minimum atomic E-state index is -0.750. The van der Waals surface area contributed by atoms with Crippen LogP contribution in [0.5, 0.6) is 0 Å². The number of rotatable bonds is 0. The third kappa shape index (κ3) is 16.7. The molecule has 0 fully saturated rings. The summed E-state index contributed by atoms with van der Waals surface area (Å²) in [7, 11) is 0. The molecule has 0 heterocycles. The van der Waals surface area contributed by atoms with Gasteiger partial charge in [0.2, 0.25) is 0 Å². The van der Waals surface area contributed by atoms with E-state index >= 15 is 0 Å². The van der Waals surface area contributed by atoms with Crippen LogP contribution in [0.2, 0.25) is 0 Å². The average Bonchev–Trinajstić information content (AvgIpc) is 2.12. The molecule has 0 N–H and O–H groups in total. The van der Waals surface area contributed by atoms with Gasteiger partial charge in [-0.3, -0.25) is 0 Å². The van der Waals surface area contributed by atoms with Crippen molar-refractivity contribution in [2.45, 2.75) is 32.8 Å². The Morgan fingerprint density at radius 1 is 1.42 bits per heavy atom. The monoisotopic (exact) mass is 224 g/mol. The molecule has 0 bridgehead atoms. The summed E-state index contributed by atoms with van der Waals surface area (Å²) in [5, 5.41) is 10.1. The van der Waals surface area contributed by atoms with E-state index in [1.165, 1.54) is 4.28 Å². The van der Waals surface area contributed by atoms with Crippen LogP contribution in [0, 0.1) is 0 Å². The Morgan fingerprint density at radius 3 is 1.92 bits per heavy atom. The Balaban J connectivity index is 0. The molecule has 0 aromatic heterocycles. The average molecular weight is 225 g/mol. The predicted octanol–water partition coefficient (Wildman–Crippen LogP) is -1.47. The summed E-state index contributed by atoms with van der Waals surface area (Å²) >= 11 is 2.54. The third-order valence-electron chi connectivity index (χ3n) is 0.752. The van der Waals surface area contributed by atoms with Gasteiger partial charge in [0.1, 0.15) is 0 Å². The van der Waals surface area contributed by atoms with Crippen molar-refractivity contribution < 1.29 is 34.9 Å². The van der Waals surface area contributed by atoms with Crippen LogP contribution in [0.15, 0.2) is 22.5 Å². The molecule has 0 saturated heterocycles. The van der Waals surface area contributed by atoms with Crippen molar-refractivity contribution >= 4 is 0 Å². The molecule has 1 aliphatic rings. The van der Waals surface area contributed by atoms with Crippen molar-refractivity contribution in [1.29, 1.82) is 0 Å². The van der Waals surface area contributed by atoms with Crippen molar-refractivity contribution in [3.63, 3.8) is 0 Å². The van der Waals surface area contributed by atoms with E-state index in [0.29, 0.717) is 0 Å². The van der Waals surface area contributed by atoms with Crippen LogP contribution in [0.1, 0.15) is 27.2 Å². The minimum absolute atomic E-state index is 0. The van der Waals surface area contributed by atoms with Gasteiger partial charge < -0.3 is 17.5 Å². The molecule has 0 radical (unpaired) electrons. The van der Waals surface area contributed by atoms with Gasteiger partial charge in [-0.15, -0.1) is 5.60 Å². The SMILES string of the molecule is CC(C)(C)[O-].[Cl-].[V+2][C]1=CC=CC1. The second kappa shape index (κ2) is 6.79. The predicted molar refractivity (Wildman–Crippen MR) is 41.6 cm³/mol. The van der Waals surface area contributed by atoms with Gasteiger partial charge in [0.05, 0.1) is 0 Å². The molecule has 0 amide bonds. The molecule has 3 heteroatoms. The summed E-state index contributed by atoms with van der Waals surface area (Å²) in [4.78, 5) is 0. The third-order valence-corrected chi connectivity index (χ3v) is 1.27. The van der Waals surface area contributed by atoms with E-state index < -0.39 is 5.60 Å². The Bertz CT molecular complexity index is 162. The second-order valence-electron chi connectivity index (χ2n) is 3.40. The van der Waals surface area contributed by atoms with E-state index in [2.05, 4.69) is 35.7 Å². The first-order valence-electron chi connectivity index (χ1n) is 3.64. The van der Waals surface area contributed by atoms with Crippen LogP contribution in [0.3, 0.4) is 0 Å². The van der Waals surface area contributed by atoms with E-state index in [-0.39, 0.29) is 12.4 Å². The zero-order valence-electron chi connectivity index (χ0n) is 7.67. The zero-order valence-corrected chi connectivity index (χ0v) is 9.83. The van der Waals surface area contributed by atoms with Crippen molar-refractivity contribution in [1.82, 2.24) is 0 Å². The normalized spacial score (nSPS) is 14.1. The fourth-order valence-electron chi connectivity index (χ4n) is 0.436. The molecule has 68 valence electrons. The first-order valence-corrected chi connectivity index (χ1v) is 4.34. The molecular formula is C9H14ClOV. The van der Waals surface area contributed by atoms with Gasteiger partial charge in [0, 0.05) is 0 Å². The molecule has 1 aliphatic carbocycles. The molecule has 0 aromatic rings. The van der Waals surface area contributed by atoms with Gasteiger partial charge in [-0.05, 0) is 0 Å². The Hall–Kier alpha value is 0.314. The van der Waals surface area contributed by atoms with Crippen LogP contribution in [-0.4, -0.2) is 5.60 Å². The summed E-state index contributed by atoms with van der Waals surface area (Å²) < 4.78 is 1.41. The molecule has 1 nitrogen and oxygen atoms in total. The van der Waals surface area contributed by atoms with Gasteiger partial charge in [-0.2, -0.15) is 0 Å². The first kappa shape index (κ1) is 14.8. The Morgan fingerprint density at radius 2 is 1.83 bits per heavy atom. The summed E-state index contributed by atoms with van der Waals surface area (Å²) in [5.41, 5.74) is -0.750. The van der Waals surface area contributed by atoms with Gasteiger partial charge in [-0.1, -0.05) is 20.8 Å². The van der Waals surface area contributed by atoms with Crippen LogP contribution >= 0.6 is 0 Å². The first-order chi connectivity index (χ1) is 4.89. The van der Waals surface area contributed by atoms with Crippen molar-refractivity contribution in [3.05, 3.63) is 22.5 Å². The standard InChI is InChI=1S/C5H5.C4H9O.ClH.V/c1-2-4-5-3-1;1-4(2,3)5;;/h1-3H,4H2;1-3H3;1H;/q;-1;;+2/p-1. The van der Waals surface area contributed by atoms with E-state index in [1.807, 2.05) is 0 Å². The van der Waals surface area contributed by atoms with Gasteiger partial charge >= 0.3 is 46.4 Å². The van der Waals surface area contributed by atoms with E-state index in [4.69, 9.17) is 0 Å². The fourth-order valence-corrected chi connectivity index (χ4v) is 0.735. The van der Waals surface area contributed by atoms with Gasteiger partial charge in [0.25, 0.3) is 0 Å². The molecule has 0 spiro atoms. The van der Waals surface area contributed by atoms with Crippen molar-refractivity contribution in [2.75, 3.05) is 0 Å². The molecule has 0 aromatic carbocycles. The van der Waals surface area contributed by atoms with E-state index in [1.54, 1.807) is 20.8 Å². The van der Waals surface area contributed by atoms with Gasteiger partial charge in [-0.25, -0.2) is 0 Å². The molecule has 0 aliphatic heterocycles. The Labute approximate surface area is 90.3 Å². The summed E-state index contributed by atoms with van der Waals surface area (Å²) in [6, 6.07) is 0. The molecular weight excluding hydrogens is 210 g/mol. The summed E-state index contributed by atoms with van der Waals surface area (Å²) in [6.07, 6.45) is 7.47. The molecule has 0 unspecified atom stereocenters. The summed E-state index contributed by atoms with van der Waals surface area (Å²) in [6.45, 7) is 4.90. The summed E-state index contributed by atoms with van der Waals surface area (Å²) in [5.74, 6) is 0. The molecule has 12 heavy (non-hydrogen) atoms. The Kier molecular flexibility index (Phi) is 8.38. The van der Waals surface area contributed by atoms with Crippen LogP contribution in [0.4, 0.5) is 0 Å². The van der Waals surface area contributed by atoms with Crippen molar-refractivity contribution in [3.8, 4) is 0 Å². The number of allylic oxidation sites excluding steroid dienone is 4. The molecule has 0 saturated carbocycles.